The zero-order valence-electron chi connectivity index (χ0n) is 10.9. The van der Waals surface area contributed by atoms with Crippen molar-refractivity contribution in [3.05, 3.63) is 59.4 Å². The first-order valence-corrected chi connectivity index (χ1v) is 6.21. The number of benzene rings is 1. The van der Waals surface area contributed by atoms with Crippen molar-refractivity contribution in [2.75, 3.05) is 12.3 Å². The van der Waals surface area contributed by atoms with Gasteiger partial charge in [0, 0.05) is 36.1 Å². The topological polar surface area (TPSA) is 68.0 Å². The standard InChI is InChI=1S/C15H17N3O/c1-11-5-6-12(10-14(11)16)15(19)18-9-7-13-4-2-3-8-17-13/h2-6,8,10H,7,9,16H2,1H3,(H,18,19). The zero-order valence-corrected chi connectivity index (χ0v) is 10.9. The molecule has 0 unspecified atom stereocenters. The SMILES string of the molecule is Cc1ccc(C(=O)NCCc2ccccn2)cc1N. The Hall–Kier alpha value is -2.36. The summed E-state index contributed by atoms with van der Waals surface area (Å²) < 4.78 is 0. The van der Waals surface area contributed by atoms with Crippen molar-refractivity contribution >= 4 is 11.6 Å². The van der Waals surface area contributed by atoms with Gasteiger partial charge in [-0.15, -0.1) is 0 Å². The number of nitrogens with two attached hydrogens (primary N) is 1. The van der Waals surface area contributed by atoms with Gasteiger partial charge in [0.05, 0.1) is 0 Å². The summed E-state index contributed by atoms with van der Waals surface area (Å²) in [5.41, 5.74) is 8.95. The molecule has 0 aliphatic carbocycles. The van der Waals surface area contributed by atoms with E-state index in [-0.39, 0.29) is 5.91 Å². The number of amides is 1. The van der Waals surface area contributed by atoms with E-state index in [2.05, 4.69) is 10.3 Å². The lowest BCUT2D eigenvalue weighted by atomic mass is 10.1. The monoisotopic (exact) mass is 255 g/mol. The third-order valence-corrected chi connectivity index (χ3v) is 2.93. The molecular formula is C15H17N3O. The summed E-state index contributed by atoms with van der Waals surface area (Å²) >= 11 is 0. The normalized spacial score (nSPS) is 10.2. The number of carbonyl (C=O) groups excluding carboxylic acids is 1. The predicted octanol–water partition coefficient (Wildman–Crippen LogP) is 1.94. The fraction of sp³-hybridized carbons (Fsp3) is 0.200. The number of nitrogens with one attached hydrogen (secondary N) is 1. The Bertz CT molecular complexity index is 567. The minimum Gasteiger partial charge on any atom is -0.398 e. The van der Waals surface area contributed by atoms with E-state index >= 15 is 0 Å². The molecule has 1 amide bonds. The number of anilines is 1. The molecule has 19 heavy (non-hydrogen) atoms. The van der Waals surface area contributed by atoms with Crippen LogP contribution >= 0.6 is 0 Å². The van der Waals surface area contributed by atoms with Gasteiger partial charge in [-0.1, -0.05) is 12.1 Å². The maximum absolute atomic E-state index is 11.9. The van der Waals surface area contributed by atoms with Gasteiger partial charge in [-0.25, -0.2) is 0 Å². The average Bonchev–Trinajstić information content (AvgIpc) is 2.43. The molecule has 0 aliphatic rings. The van der Waals surface area contributed by atoms with Gasteiger partial charge in [0.15, 0.2) is 0 Å². The van der Waals surface area contributed by atoms with E-state index in [1.54, 1.807) is 18.3 Å². The molecular weight excluding hydrogens is 238 g/mol. The van der Waals surface area contributed by atoms with E-state index in [4.69, 9.17) is 5.73 Å². The molecule has 0 saturated carbocycles. The molecule has 4 heteroatoms. The first-order chi connectivity index (χ1) is 9.16. The van der Waals surface area contributed by atoms with Crippen LogP contribution in [0.15, 0.2) is 42.6 Å². The van der Waals surface area contributed by atoms with Crippen molar-refractivity contribution in [2.45, 2.75) is 13.3 Å². The zero-order chi connectivity index (χ0) is 13.7. The number of aromatic nitrogens is 1. The summed E-state index contributed by atoms with van der Waals surface area (Å²) in [5, 5.41) is 2.86. The highest BCUT2D eigenvalue weighted by Gasteiger charge is 2.06. The lowest BCUT2D eigenvalue weighted by Gasteiger charge is -2.07. The van der Waals surface area contributed by atoms with Crippen LogP contribution in [-0.2, 0) is 6.42 Å². The Morgan fingerprint density at radius 1 is 1.32 bits per heavy atom. The van der Waals surface area contributed by atoms with Crippen molar-refractivity contribution in [2.24, 2.45) is 0 Å². The Morgan fingerprint density at radius 2 is 2.16 bits per heavy atom. The lowest BCUT2D eigenvalue weighted by molar-refractivity contribution is 0.0954. The van der Waals surface area contributed by atoms with E-state index < -0.39 is 0 Å². The number of hydrogen-bond donors (Lipinski definition) is 2. The van der Waals surface area contributed by atoms with Crippen molar-refractivity contribution in [3.8, 4) is 0 Å². The van der Waals surface area contributed by atoms with Crippen LogP contribution in [-0.4, -0.2) is 17.4 Å². The largest absolute Gasteiger partial charge is 0.398 e. The summed E-state index contributed by atoms with van der Waals surface area (Å²) in [6, 6.07) is 11.1. The molecule has 0 aliphatic heterocycles. The van der Waals surface area contributed by atoms with E-state index in [1.807, 2.05) is 31.2 Å². The minimum absolute atomic E-state index is 0.109. The van der Waals surface area contributed by atoms with Crippen LogP contribution in [0.2, 0.25) is 0 Å². The summed E-state index contributed by atoms with van der Waals surface area (Å²) in [6.45, 7) is 2.47. The third-order valence-electron chi connectivity index (χ3n) is 2.93. The van der Waals surface area contributed by atoms with Gasteiger partial charge in [0.1, 0.15) is 0 Å². The van der Waals surface area contributed by atoms with E-state index in [0.717, 1.165) is 11.3 Å². The molecule has 4 nitrogen and oxygen atoms in total. The smallest absolute Gasteiger partial charge is 0.251 e. The quantitative estimate of drug-likeness (QED) is 0.820. The van der Waals surface area contributed by atoms with Crippen LogP contribution in [0, 0.1) is 6.92 Å². The lowest BCUT2D eigenvalue weighted by Crippen LogP contribution is -2.26. The average molecular weight is 255 g/mol. The van der Waals surface area contributed by atoms with Gasteiger partial charge < -0.3 is 11.1 Å². The third kappa shape index (κ3) is 3.55. The molecule has 0 saturated heterocycles. The molecule has 0 atom stereocenters. The molecule has 1 aromatic carbocycles. The van der Waals surface area contributed by atoms with Crippen molar-refractivity contribution < 1.29 is 4.79 Å². The van der Waals surface area contributed by atoms with Gasteiger partial charge in [-0.3, -0.25) is 9.78 Å². The molecule has 0 radical (unpaired) electrons. The van der Waals surface area contributed by atoms with Crippen molar-refractivity contribution in [1.82, 2.24) is 10.3 Å². The number of aryl methyl sites for hydroxylation is 1. The summed E-state index contributed by atoms with van der Waals surface area (Å²) in [5.74, 6) is -0.109. The maximum atomic E-state index is 11.9. The number of rotatable bonds is 4. The highest BCUT2D eigenvalue weighted by Crippen LogP contribution is 2.12. The second kappa shape index (κ2) is 6.00. The van der Waals surface area contributed by atoms with Crippen molar-refractivity contribution in [1.29, 1.82) is 0 Å². The van der Waals surface area contributed by atoms with Crippen LogP contribution in [0.4, 0.5) is 5.69 Å². The molecule has 2 rings (SSSR count). The van der Waals surface area contributed by atoms with Crippen LogP contribution in [0.3, 0.4) is 0 Å². The fourth-order valence-electron chi connectivity index (χ4n) is 1.73. The van der Waals surface area contributed by atoms with Gasteiger partial charge >= 0.3 is 0 Å². The van der Waals surface area contributed by atoms with Crippen LogP contribution < -0.4 is 11.1 Å². The summed E-state index contributed by atoms with van der Waals surface area (Å²) in [6.07, 6.45) is 2.46. The Kier molecular flexibility index (Phi) is 4.13. The Labute approximate surface area is 112 Å². The number of carbonyl (C=O) groups is 1. The molecule has 3 N–H and O–H groups in total. The van der Waals surface area contributed by atoms with Gasteiger partial charge in [-0.05, 0) is 36.8 Å². The predicted molar refractivity (Wildman–Crippen MR) is 75.9 cm³/mol. The highest BCUT2D eigenvalue weighted by molar-refractivity contribution is 5.95. The molecule has 98 valence electrons. The number of hydrogen-bond acceptors (Lipinski definition) is 3. The Morgan fingerprint density at radius 3 is 2.84 bits per heavy atom. The summed E-state index contributed by atoms with van der Waals surface area (Å²) in [4.78, 5) is 16.1. The van der Waals surface area contributed by atoms with Gasteiger partial charge in [-0.2, -0.15) is 0 Å². The first-order valence-electron chi connectivity index (χ1n) is 6.21. The van der Waals surface area contributed by atoms with Crippen LogP contribution in [0.25, 0.3) is 0 Å². The molecule has 1 heterocycles. The van der Waals surface area contributed by atoms with E-state index in [1.165, 1.54) is 0 Å². The molecule has 1 aromatic heterocycles. The Balaban J connectivity index is 1.89. The highest BCUT2D eigenvalue weighted by atomic mass is 16.1. The molecule has 2 aromatic rings. The maximum Gasteiger partial charge on any atom is 0.251 e. The molecule has 0 fully saturated rings. The fourth-order valence-corrected chi connectivity index (χ4v) is 1.73. The van der Waals surface area contributed by atoms with Crippen LogP contribution in [0.1, 0.15) is 21.6 Å². The van der Waals surface area contributed by atoms with Crippen LogP contribution in [0.5, 0.6) is 0 Å². The number of nitrogen functional groups attached to an aromatic ring is 1. The first kappa shape index (κ1) is 13.1. The second-order valence-corrected chi connectivity index (χ2v) is 4.40. The van der Waals surface area contributed by atoms with Crippen molar-refractivity contribution in [3.63, 3.8) is 0 Å². The minimum atomic E-state index is -0.109. The molecule has 0 spiro atoms. The number of nitrogens with zero attached hydrogens (tertiary/aromatic N) is 1. The van der Waals surface area contributed by atoms with E-state index in [0.29, 0.717) is 24.2 Å². The van der Waals surface area contributed by atoms with Gasteiger partial charge in [0.2, 0.25) is 0 Å². The number of pyridine rings is 1. The van der Waals surface area contributed by atoms with Gasteiger partial charge in [0.25, 0.3) is 5.91 Å². The van der Waals surface area contributed by atoms with E-state index in [9.17, 15) is 4.79 Å². The summed E-state index contributed by atoms with van der Waals surface area (Å²) in [7, 11) is 0. The second-order valence-electron chi connectivity index (χ2n) is 4.40. The molecule has 0 bridgehead atoms.